The summed E-state index contributed by atoms with van der Waals surface area (Å²) in [4.78, 5) is 0. The van der Waals surface area contributed by atoms with Crippen molar-refractivity contribution in [3.63, 3.8) is 0 Å². The minimum atomic E-state index is -5.34. The Morgan fingerprint density at radius 1 is 0.203 bits per heavy atom. The van der Waals surface area contributed by atoms with Crippen molar-refractivity contribution < 1.29 is 181 Å². The fourth-order valence-corrected chi connectivity index (χ4v) is 21.5. The van der Waals surface area contributed by atoms with Crippen LogP contribution >= 0.6 is 0 Å². The second-order valence-corrected chi connectivity index (χ2v) is 37.6. The molecule has 0 N–H and O–H groups in total. The Kier molecular flexibility index (Phi) is 35.1. The van der Waals surface area contributed by atoms with E-state index >= 15 is 0 Å². The molecule has 4 aromatic carbocycles. The first-order valence-corrected chi connectivity index (χ1v) is 46.3. The second-order valence-electron chi connectivity index (χ2n) is 37.6. The van der Waals surface area contributed by atoms with Crippen molar-refractivity contribution in [2.45, 2.75) is 293 Å². The van der Waals surface area contributed by atoms with Gasteiger partial charge in [0.05, 0.1) is 76.0 Å². The molecule has 133 heavy (non-hydrogen) atoms. The molecule has 8 aliphatic carbocycles. The highest BCUT2D eigenvalue weighted by atomic mass is 19.4. The van der Waals surface area contributed by atoms with Gasteiger partial charge in [0.1, 0.15) is 28.7 Å². The van der Waals surface area contributed by atoms with Gasteiger partial charge in [0.15, 0.2) is 53.7 Å². The van der Waals surface area contributed by atoms with E-state index in [-0.39, 0.29) is 124 Å². The lowest BCUT2D eigenvalue weighted by Crippen LogP contribution is -2.43. The molecule has 12 fully saturated rings. The molecule has 4 aromatic rings. The number of ether oxygens (including phenoxy) is 15. The monoisotopic (exact) mass is 1940 g/mol. The molecule has 12 aliphatic rings. The minimum absolute atomic E-state index is 0.0258. The van der Waals surface area contributed by atoms with Crippen LogP contribution in [0.5, 0.6) is 46.0 Å². The maximum atomic E-state index is 14.7. The summed E-state index contributed by atoms with van der Waals surface area (Å²) in [6, 6.07) is 6.92. The molecule has 0 radical (unpaired) electrons. The van der Waals surface area contributed by atoms with E-state index in [1.807, 2.05) is 0 Å². The van der Waals surface area contributed by atoms with E-state index in [1.54, 1.807) is 0 Å². The summed E-state index contributed by atoms with van der Waals surface area (Å²) in [6.45, 7) is 4.62. The zero-order chi connectivity index (χ0) is 95.4. The molecule has 0 bridgehead atoms. The van der Waals surface area contributed by atoms with Gasteiger partial charge in [-0.25, -0.2) is 22.0 Å². The highest BCUT2D eigenvalue weighted by Gasteiger charge is 2.53. The Morgan fingerprint density at radius 2 is 0.444 bits per heavy atom. The Bertz CT molecular complexity index is 4020. The molecule has 0 spiro atoms. The number of halogens is 25. The first-order valence-electron chi connectivity index (χ1n) is 46.3. The standard InChI is InChI=1S/C24H29F7O3.C23H27F7O4.C23H28F6O4.C23H29F5O4/c25-19-11-18(12-20(26)22(19)34-24(29,30)31)33-23(27,28)17-8-5-15(6-9-17)21-10-7-16(13-32-21)14-3-1-2-4-14;24-18-9-17(10-19(25)20(18)34-23(28,29)30)33-22(26,27)16-7-5-14(6-8-16)21-31-11-15(12-32-21)13-3-1-2-4-13;24-19-11-18(9-10-20(19)33-23(27,28)29)32-22(25,26)17-7-5-15(6-8-17)21-30-12-16(13-31-21)14-3-1-2-4-14;24-22(25,31-19-9-11-20(12-10-19)32-23(26,27)28)18-7-5-16(6-8-18)21-29-13-17(14-30-21)15-3-1-2-4-15/h11-12,14-17,21H,1-10,13H2;9-10,13-16,21H,1-8,11-12H2;9-11,14-17,21H,1-8,12-13H2;9-12,15-18,21H,1-8,13-14H2. The fraction of sp³-hybridized carbons (Fsp3) is 0.742. The lowest BCUT2D eigenvalue weighted by molar-refractivity contribution is -0.277. The summed E-state index contributed by atoms with van der Waals surface area (Å²) < 4.78 is 408. The van der Waals surface area contributed by atoms with Crippen LogP contribution in [0.1, 0.15) is 218 Å². The normalized spacial score (nSPS) is 29.6. The lowest BCUT2D eigenvalue weighted by Gasteiger charge is -2.40. The Morgan fingerprint density at radius 3 is 0.722 bits per heavy atom. The predicted molar refractivity (Wildman–Crippen MR) is 424 cm³/mol. The van der Waals surface area contributed by atoms with Crippen LogP contribution in [0.2, 0.25) is 0 Å². The van der Waals surface area contributed by atoms with Crippen molar-refractivity contribution in [3.8, 4) is 46.0 Å². The number of hydrogen-bond acceptors (Lipinski definition) is 15. The molecule has 16 rings (SSSR count). The third kappa shape index (κ3) is 29.9. The summed E-state index contributed by atoms with van der Waals surface area (Å²) in [7, 11) is 0. The summed E-state index contributed by atoms with van der Waals surface area (Å²) >= 11 is 0. The molecule has 40 heteroatoms. The molecular formula is C93H113F25O15. The molecule has 4 saturated heterocycles. The van der Waals surface area contributed by atoms with E-state index in [0.717, 1.165) is 55.7 Å². The van der Waals surface area contributed by atoms with E-state index in [4.69, 9.17) is 37.9 Å². The average molecular weight is 1950 g/mol. The first-order chi connectivity index (χ1) is 62.8. The maximum Gasteiger partial charge on any atom is 0.573 e. The van der Waals surface area contributed by atoms with Crippen molar-refractivity contribution in [1.82, 2.24) is 0 Å². The van der Waals surface area contributed by atoms with Crippen LogP contribution in [0.25, 0.3) is 0 Å². The molecule has 2 atom stereocenters. The zero-order valence-electron chi connectivity index (χ0n) is 73.0. The van der Waals surface area contributed by atoms with Gasteiger partial charge in [0.2, 0.25) is 11.5 Å². The largest absolute Gasteiger partial charge is 0.573 e. The summed E-state index contributed by atoms with van der Waals surface area (Å²) in [5.41, 5.74) is 0. The van der Waals surface area contributed by atoms with Gasteiger partial charge in [-0.05, 0) is 187 Å². The fourth-order valence-electron chi connectivity index (χ4n) is 21.5. The Balaban J connectivity index is 0.000000151. The number of benzene rings is 4. The van der Waals surface area contributed by atoms with Crippen LogP contribution in [0.3, 0.4) is 0 Å². The second kappa shape index (κ2) is 45.0. The Hall–Kier alpha value is -6.75. The SMILES string of the molecule is FC(F)(F)Oc1ccc(OC(F)(F)C2CCC(C3OCC(C4CCCC4)CO3)CC2)cc1.Fc1cc(OC(F)(F)C2CCC(C3CCC(C4CCCC4)CO3)CC2)cc(F)c1OC(F)(F)F.Fc1cc(OC(F)(F)C2CCC(C3OCC(C4CCCC4)CO3)CC2)cc(F)c1OC(F)(F)F.Fc1cc(OC(F)(F)C2CCC(C3OCC(C4CCCC4)CO3)CC2)ccc1OC(F)(F)F. The molecule has 4 aliphatic heterocycles. The maximum absolute atomic E-state index is 14.7. The van der Waals surface area contributed by atoms with Gasteiger partial charge in [-0.15, -0.1) is 52.7 Å². The van der Waals surface area contributed by atoms with Crippen LogP contribution in [0.4, 0.5) is 110 Å². The van der Waals surface area contributed by atoms with Crippen LogP contribution in [-0.4, -0.2) is 121 Å². The quantitative estimate of drug-likeness (QED) is 0.0615. The molecular weight excluding hydrogens is 1830 g/mol. The number of rotatable bonds is 24. The molecule has 8 saturated carbocycles. The highest BCUT2D eigenvalue weighted by molar-refractivity contribution is 5.37. The van der Waals surface area contributed by atoms with Crippen molar-refractivity contribution in [2.75, 3.05) is 46.2 Å². The Labute approximate surface area is 754 Å². The zero-order valence-corrected chi connectivity index (χ0v) is 73.0. The van der Waals surface area contributed by atoms with Gasteiger partial charge in [-0.2, -0.15) is 35.1 Å². The molecule has 0 aromatic heterocycles. The van der Waals surface area contributed by atoms with Crippen molar-refractivity contribution in [1.29, 1.82) is 0 Å². The topological polar surface area (TPSA) is 138 Å². The van der Waals surface area contributed by atoms with Gasteiger partial charge < -0.3 is 71.1 Å². The summed E-state index contributed by atoms with van der Waals surface area (Å²) in [5.74, 6) is -15.9. The van der Waals surface area contributed by atoms with Gasteiger partial charge in [-0.1, -0.05) is 103 Å². The van der Waals surface area contributed by atoms with Crippen molar-refractivity contribution >= 4 is 0 Å². The van der Waals surface area contributed by atoms with Gasteiger partial charge in [-0.3, -0.25) is 0 Å². The summed E-state index contributed by atoms with van der Waals surface area (Å²) in [5, 5.41) is 0. The van der Waals surface area contributed by atoms with Crippen molar-refractivity contribution in [3.05, 3.63) is 95.8 Å². The third-order valence-electron chi connectivity index (χ3n) is 28.7. The smallest absolute Gasteiger partial charge is 0.432 e. The van der Waals surface area contributed by atoms with Gasteiger partial charge >= 0.3 is 49.9 Å². The summed E-state index contributed by atoms with van der Waals surface area (Å²) in [6.07, 6.45) is -8.92. The van der Waals surface area contributed by atoms with Crippen molar-refractivity contribution in [2.24, 2.45) is 94.7 Å². The van der Waals surface area contributed by atoms with Crippen LogP contribution in [0, 0.1) is 124 Å². The molecule has 2 unspecified atom stereocenters. The highest BCUT2D eigenvalue weighted by Crippen LogP contribution is 2.52. The number of hydrogen-bond donors (Lipinski definition) is 0. The van der Waals surface area contributed by atoms with Crippen LogP contribution < -0.4 is 37.9 Å². The number of alkyl halides is 20. The van der Waals surface area contributed by atoms with E-state index in [9.17, 15) is 110 Å². The molecule has 4 heterocycles. The van der Waals surface area contributed by atoms with E-state index in [1.165, 1.54) is 103 Å². The van der Waals surface area contributed by atoms with Gasteiger partial charge in [0.25, 0.3) is 0 Å². The first kappa shape index (κ1) is 104. The van der Waals surface area contributed by atoms with E-state index in [0.29, 0.717) is 145 Å². The predicted octanol–water partition coefficient (Wildman–Crippen LogP) is 27.7. The van der Waals surface area contributed by atoms with Crippen LogP contribution in [0.15, 0.2) is 66.7 Å². The third-order valence-corrected chi connectivity index (χ3v) is 28.7. The van der Waals surface area contributed by atoms with E-state index in [2.05, 4.69) is 33.2 Å². The minimum Gasteiger partial charge on any atom is -0.432 e. The molecule has 750 valence electrons. The van der Waals surface area contributed by atoms with Crippen LogP contribution in [-0.2, 0) is 33.2 Å². The lowest BCUT2D eigenvalue weighted by atomic mass is 9.75. The average Bonchev–Trinajstić information content (AvgIpc) is 1.59. The van der Waals surface area contributed by atoms with E-state index < -0.39 is 149 Å². The van der Waals surface area contributed by atoms with Gasteiger partial charge in [0, 0.05) is 65.8 Å². The molecule has 15 nitrogen and oxygen atoms in total. The molecule has 0 amide bonds.